The second-order valence-corrected chi connectivity index (χ2v) is 3.21. The Morgan fingerprint density at radius 3 is 2.33 bits per heavy atom. The second kappa shape index (κ2) is 5.92. The van der Waals surface area contributed by atoms with Crippen LogP contribution in [0.25, 0.3) is 0 Å². The monoisotopic (exact) mass is 213 g/mol. The van der Waals surface area contributed by atoms with Gasteiger partial charge in [0, 0.05) is 12.0 Å². The lowest BCUT2D eigenvalue weighted by Gasteiger charge is -2.09. The Balaban J connectivity index is 4.04. The first kappa shape index (κ1) is 13.3. The summed E-state index contributed by atoms with van der Waals surface area (Å²) in [5.74, 6) is -1.75. The van der Waals surface area contributed by atoms with Crippen molar-refractivity contribution in [3.8, 4) is 0 Å². The first-order valence-corrected chi connectivity index (χ1v) is 4.39. The predicted octanol–water partition coefficient (Wildman–Crippen LogP) is -1.20. The molecule has 0 aromatic rings. The third-order valence-corrected chi connectivity index (χ3v) is 1.66. The van der Waals surface area contributed by atoms with Crippen LogP contribution in [0.4, 0.5) is 0 Å². The lowest BCUT2D eigenvalue weighted by molar-refractivity contribution is -0.129. The molecule has 3 amide bonds. The standard InChI is InChI=1S/C9H15N3O3/c1-5(2)8(14)12-9(15)6(10)3-4-7(11)13/h6H,1,3-4,10H2,2H3,(H2,11,13)(H,12,14,15)/t6-/m0/s1. The van der Waals surface area contributed by atoms with Gasteiger partial charge in [-0.3, -0.25) is 19.7 Å². The van der Waals surface area contributed by atoms with Crippen LogP contribution >= 0.6 is 0 Å². The molecule has 6 heteroatoms. The number of nitrogens with one attached hydrogen (secondary N) is 1. The number of primary amides is 1. The van der Waals surface area contributed by atoms with Crippen molar-refractivity contribution in [2.45, 2.75) is 25.8 Å². The Hall–Kier alpha value is -1.69. The van der Waals surface area contributed by atoms with E-state index in [0.29, 0.717) is 0 Å². The zero-order valence-electron chi connectivity index (χ0n) is 8.58. The third kappa shape index (κ3) is 5.58. The van der Waals surface area contributed by atoms with Crippen LogP contribution in [0.3, 0.4) is 0 Å². The van der Waals surface area contributed by atoms with Gasteiger partial charge in [0.2, 0.25) is 11.8 Å². The van der Waals surface area contributed by atoms with Gasteiger partial charge in [-0.2, -0.15) is 0 Å². The van der Waals surface area contributed by atoms with Crippen LogP contribution in [-0.4, -0.2) is 23.8 Å². The highest BCUT2D eigenvalue weighted by Gasteiger charge is 2.16. The molecule has 0 radical (unpaired) electrons. The summed E-state index contributed by atoms with van der Waals surface area (Å²) in [7, 11) is 0. The maximum absolute atomic E-state index is 11.2. The highest BCUT2D eigenvalue weighted by molar-refractivity contribution is 6.05. The number of amides is 3. The zero-order valence-corrected chi connectivity index (χ0v) is 8.58. The maximum atomic E-state index is 11.2. The van der Waals surface area contributed by atoms with E-state index in [1.54, 1.807) is 0 Å². The van der Waals surface area contributed by atoms with Crippen molar-refractivity contribution >= 4 is 17.7 Å². The van der Waals surface area contributed by atoms with Gasteiger partial charge in [-0.15, -0.1) is 0 Å². The van der Waals surface area contributed by atoms with Gasteiger partial charge >= 0.3 is 0 Å². The van der Waals surface area contributed by atoms with E-state index in [0.717, 1.165) is 0 Å². The number of hydrogen-bond donors (Lipinski definition) is 3. The molecular weight excluding hydrogens is 198 g/mol. The number of imide groups is 1. The molecule has 0 aliphatic rings. The number of carbonyl (C=O) groups is 3. The summed E-state index contributed by atoms with van der Waals surface area (Å²) >= 11 is 0. The van der Waals surface area contributed by atoms with Crippen molar-refractivity contribution in [1.29, 1.82) is 0 Å². The third-order valence-electron chi connectivity index (χ3n) is 1.66. The fraction of sp³-hybridized carbons (Fsp3) is 0.444. The van der Waals surface area contributed by atoms with Gasteiger partial charge in [0.15, 0.2) is 0 Å². The molecule has 0 fully saturated rings. The molecule has 0 aliphatic carbocycles. The summed E-state index contributed by atoms with van der Waals surface area (Å²) in [5.41, 5.74) is 10.5. The SMILES string of the molecule is C=C(C)C(=O)NC(=O)[C@@H](N)CCC(N)=O. The highest BCUT2D eigenvalue weighted by atomic mass is 16.2. The van der Waals surface area contributed by atoms with Gasteiger partial charge in [0.1, 0.15) is 0 Å². The summed E-state index contributed by atoms with van der Waals surface area (Å²) in [6, 6.07) is -0.916. The summed E-state index contributed by atoms with van der Waals surface area (Å²) in [5, 5.41) is 2.05. The molecule has 1 atom stereocenters. The molecule has 0 rings (SSSR count). The average molecular weight is 213 g/mol. The summed E-state index contributed by atoms with van der Waals surface area (Å²) < 4.78 is 0. The van der Waals surface area contributed by atoms with Crippen molar-refractivity contribution in [3.05, 3.63) is 12.2 Å². The van der Waals surface area contributed by atoms with Crippen LogP contribution in [0, 0.1) is 0 Å². The van der Waals surface area contributed by atoms with Crippen molar-refractivity contribution in [1.82, 2.24) is 5.32 Å². The highest BCUT2D eigenvalue weighted by Crippen LogP contribution is 1.95. The number of hydrogen-bond acceptors (Lipinski definition) is 4. The van der Waals surface area contributed by atoms with Crippen molar-refractivity contribution in [2.24, 2.45) is 11.5 Å². The number of carbonyl (C=O) groups excluding carboxylic acids is 3. The molecular formula is C9H15N3O3. The van der Waals surface area contributed by atoms with E-state index in [9.17, 15) is 14.4 Å². The molecule has 15 heavy (non-hydrogen) atoms. The van der Waals surface area contributed by atoms with Crippen LogP contribution in [-0.2, 0) is 14.4 Å². The fourth-order valence-corrected chi connectivity index (χ4v) is 0.740. The van der Waals surface area contributed by atoms with Crippen LogP contribution in [0.15, 0.2) is 12.2 Å². The van der Waals surface area contributed by atoms with Crippen molar-refractivity contribution < 1.29 is 14.4 Å². The van der Waals surface area contributed by atoms with Crippen LogP contribution in [0.5, 0.6) is 0 Å². The van der Waals surface area contributed by atoms with Gasteiger partial charge in [0.05, 0.1) is 6.04 Å². The van der Waals surface area contributed by atoms with Gasteiger partial charge in [-0.25, -0.2) is 0 Å². The minimum Gasteiger partial charge on any atom is -0.370 e. The predicted molar refractivity (Wildman–Crippen MR) is 54.4 cm³/mol. The molecule has 0 spiro atoms. The fourth-order valence-electron chi connectivity index (χ4n) is 0.740. The molecule has 0 heterocycles. The molecule has 5 N–H and O–H groups in total. The number of rotatable bonds is 5. The first-order chi connectivity index (χ1) is 6.84. The van der Waals surface area contributed by atoms with E-state index in [-0.39, 0.29) is 18.4 Å². The summed E-state index contributed by atoms with van der Waals surface area (Å²) in [6.07, 6.45) is 0.125. The normalized spacial score (nSPS) is 11.6. The van der Waals surface area contributed by atoms with E-state index in [1.165, 1.54) is 6.92 Å². The van der Waals surface area contributed by atoms with Crippen LogP contribution in [0.2, 0.25) is 0 Å². The molecule has 0 saturated carbocycles. The largest absolute Gasteiger partial charge is 0.370 e. The summed E-state index contributed by atoms with van der Waals surface area (Å²) in [4.78, 5) is 32.6. The quantitative estimate of drug-likeness (QED) is 0.497. The zero-order chi connectivity index (χ0) is 12.0. The van der Waals surface area contributed by atoms with Gasteiger partial charge in [-0.1, -0.05) is 6.58 Å². The molecule has 84 valence electrons. The molecule has 0 aromatic heterocycles. The molecule has 6 nitrogen and oxygen atoms in total. The smallest absolute Gasteiger partial charge is 0.252 e. The van der Waals surface area contributed by atoms with E-state index in [2.05, 4.69) is 6.58 Å². The first-order valence-electron chi connectivity index (χ1n) is 4.39. The number of nitrogens with two attached hydrogens (primary N) is 2. The van der Waals surface area contributed by atoms with E-state index < -0.39 is 23.8 Å². The van der Waals surface area contributed by atoms with E-state index in [1.807, 2.05) is 5.32 Å². The lowest BCUT2D eigenvalue weighted by atomic mass is 10.1. The minimum atomic E-state index is -0.916. The average Bonchev–Trinajstić information content (AvgIpc) is 2.13. The minimum absolute atomic E-state index is 0.00977. The maximum Gasteiger partial charge on any atom is 0.252 e. The summed E-state index contributed by atoms with van der Waals surface area (Å²) in [6.45, 7) is 4.83. The lowest BCUT2D eigenvalue weighted by Crippen LogP contribution is -2.44. The van der Waals surface area contributed by atoms with Gasteiger partial charge in [0.25, 0.3) is 5.91 Å². The second-order valence-electron chi connectivity index (χ2n) is 3.21. The molecule has 0 saturated heterocycles. The van der Waals surface area contributed by atoms with Crippen molar-refractivity contribution in [3.63, 3.8) is 0 Å². The van der Waals surface area contributed by atoms with Crippen LogP contribution in [0.1, 0.15) is 19.8 Å². The van der Waals surface area contributed by atoms with Gasteiger partial charge < -0.3 is 11.5 Å². The topological polar surface area (TPSA) is 115 Å². The van der Waals surface area contributed by atoms with Crippen molar-refractivity contribution in [2.75, 3.05) is 0 Å². The Morgan fingerprint density at radius 1 is 1.40 bits per heavy atom. The molecule has 0 aliphatic heterocycles. The van der Waals surface area contributed by atoms with E-state index in [4.69, 9.17) is 11.5 Å². The Morgan fingerprint density at radius 2 is 1.93 bits per heavy atom. The van der Waals surface area contributed by atoms with Gasteiger partial charge in [-0.05, 0) is 13.3 Å². The van der Waals surface area contributed by atoms with E-state index >= 15 is 0 Å². The molecule has 0 aromatic carbocycles. The van der Waals surface area contributed by atoms with Crippen LogP contribution < -0.4 is 16.8 Å². The Labute approximate surface area is 87.7 Å². The molecule has 0 unspecified atom stereocenters. The Bertz CT molecular complexity index is 299. The molecule has 0 bridgehead atoms. The Kier molecular flexibility index (Phi) is 5.25.